The van der Waals surface area contributed by atoms with E-state index >= 15 is 0 Å². The van der Waals surface area contributed by atoms with E-state index in [0.717, 1.165) is 30.7 Å². The van der Waals surface area contributed by atoms with Crippen LogP contribution in [0.3, 0.4) is 0 Å². The van der Waals surface area contributed by atoms with Gasteiger partial charge in [0.2, 0.25) is 0 Å². The molecule has 0 aromatic heterocycles. The third-order valence-electron chi connectivity index (χ3n) is 2.96. The van der Waals surface area contributed by atoms with E-state index < -0.39 is 0 Å². The summed E-state index contributed by atoms with van der Waals surface area (Å²) in [5, 5.41) is 12.7. The first-order chi connectivity index (χ1) is 7.74. The summed E-state index contributed by atoms with van der Waals surface area (Å²) in [6.45, 7) is 2.27. The van der Waals surface area contributed by atoms with Gasteiger partial charge in [0.1, 0.15) is 5.04 Å². The number of allylic oxidation sites excluding steroid dienone is 2. The van der Waals surface area contributed by atoms with Gasteiger partial charge in [-0.1, -0.05) is 22.5 Å². The summed E-state index contributed by atoms with van der Waals surface area (Å²) in [6, 6.07) is 0. The smallest absolute Gasteiger partial charge is 0.309 e. The second-order valence-corrected chi connectivity index (χ2v) is 5.16. The Morgan fingerprint density at radius 2 is 2.50 bits per heavy atom. The van der Waals surface area contributed by atoms with Crippen molar-refractivity contribution in [2.45, 2.75) is 32.6 Å². The molecule has 1 N–H and O–H groups in total. The van der Waals surface area contributed by atoms with E-state index in [0.29, 0.717) is 6.61 Å². The van der Waals surface area contributed by atoms with Crippen LogP contribution in [0.2, 0.25) is 0 Å². The number of esters is 1. The molecule has 0 saturated heterocycles. The number of rotatable bonds is 2. The number of hydrogen-bond acceptors (Lipinski definition) is 5. The van der Waals surface area contributed by atoms with Gasteiger partial charge in [0.05, 0.1) is 12.5 Å². The van der Waals surface area contributed by atoms with Crippen LogP contribution in [0.4, 0.5) is 0 Å². The molecule has 0 aromatic rings. The van der Waals surface area contributed by atoms with E-state index in [1.165, 1.54) is 22.2 Å². The fourth-order valence-corrected chi connectivity index (χ4v) is 3.31. The number of nitrogens with zero attached hydrogens (tertiary/aromatic N) is 1. The molecule has 4 nitrogen and oxygen atoms in total. The molecule has 16 heavy (non-hydrogen) atoms. The summed E-state index contributed by atoms with van der Waals surface area (Å²) in [5.41, 5.74) is 1.33. The van der Waals surface area contributed by atoms with Gasteiger partial charge in [-0.3, -0.25) is 4.79 Å². The Kier molecular flexibility index (Phi) is 3.53. The highest BCUT2D eigenvalue weighted by molar-refractivity contribution is 8.17. The maximum Gasteiger partial charge on any atom is 0.309 e. The molecule has 0 amide bonds. The van der Waals surface area contributed by atoms with Gasteiger partial charge in [-0.25, -0.2) is 0 Å². The van der Waals surface area contributed by atoms with E-state index in [1.54, 1.807) is 0 Å². The topological polar surface area (TPSA) is 58.9 Å². The van der Waals surface area contributed by atoms with Gasteiger partial charge in [0.25, 0.3) is 0 Å². The van der Waals surface area contributed by atoms with Crippen molar-refractivity contribution in [3.63, 3.8) is 0 Å². The van der Waals surface area contributed by atoms with Crippen molar-refractivity contribution >= 4 is 22.8 Å². The van der Waals surface area contributed by atoms with Gasteiger partial charge in [-0.15, -0.1) is 0 Å². The Morgan fingerprint density at radius 3 is 3.19 bits per heavy atom. The molecule has 0 radical (unpaired) electrons. The highest BCUT2D eigenvalue weighted by Crippen LogP contribution is 2.44. The summed E-state index contributed by atoms with van der Waals surface area (Å²) in [6.07, 6.45) is 3.28. The molecule has 2 aliphatic rings. The molecule has 0 bridgehead atoms. The quantitative estimate of drug-likeness (QED) is 0.458. The fraction of sp³-hybridized carbons (Fsp3) is 0.636. The van der Waals surface area contributed by atoms with Gasteiger partial charge in [0.15, 0.2) is 0 Å². The molecule has 2 rings (SSSR count). The van der Waals surface area contributed by atoms with Crippen molar-refractivity contribution in [3.05, 3.63) is 10.5 Å². The van der Waals surface area contributed by atoms with Crippen LogP contribution in [0.15, 0.2) is 15.6 Å². The standard InChI is InChI=1S/C11H15NO3S/c1-2-15-11(13)8-4-3-7-6-10(12-14)16-9(7)5-8/h8,14H,2-6H2,1H3/b12-10-. The number of ether oxygens (including phenoxy) is 1. The van der Waals surface area contributed by atoms with Crippen LogP contribution < -0.4 is 0 Å². The lowest BCUT2D eigenvalue weighted by Crippen LogP contribution is -2.20. The van der Waals surface area contributed by atoms with Crippen molar-refractivity contribution < 1.29 is 14.7 Å². The average molecular weight is 241 g/mol. The molecule has 1 heterocycles. The lowest BCUT2D eigenvalue weighted by molar-refractivity contribution is -0.148. The van der Waals surface area contributed by atoms with Crippen LogP contribution in [0.1, 0.15) is 32.6 Å². The number of carbonyl (C=O) groups is 1. The first-order valence-corrected chi connectivity index (χ1v) is 6.32. The molecule has 0 spiro atoms. The second kappa shape index (κ2) is 4.91. The van der Waals surface area contributed by atoms with E-state index in [-0.39, 0.29) is 11.9 Å². The van der Waals surface area contributed by atoms with Gasteiger partial charge >= 0.3 is 5.97 Å². The van der Waals surface area contributed by atoms with Crippen molar-refractivity contribution in [1.29, 1.82) is 0 Å². The average Bonchev–Trinajstić information content (AvgIpc) is 2.70. The minimum absolute atomic E-state index is 0.00996. The van der Waals surface area contributed by atoms with Crippen molar-refractivity contribution in [3.8, 4) is 0 Å². The minimum atomic E-state index is -0.0935. The first kappa shape index (κ1) is 11.5. The summed E-state index contributed by atoms with van der Waals surface area (Å²) in [4.78, 5) is 12.8. The highest BCUT2D eigenvalue weighted by Gasteiger charge is 2.32. The zero-order valence-electron chi connectivity index (χ0n) is 9.23. The monoisotopic (exact) mass is 241 g/mol. The third kappa shape index (κ3) is 2.24. The first-order valence-electron chi connectivity index (χ1n) is 5.51. The zero-order chi connectivity index (χ0) is 11.5. The van der Waals surface area contributed by atoms with Gasteiger partial charge < -0.3 is 9.94 Å². The van der Waals surface area contributed by atoms with E-state index in [2.05, 4.69) is 5.16 Å². The van der Waals surface area contributed by atoms with Crippen LogP contribution >= 0.6 is 11.8 Å². The molecule has 1 aliphatic heterocycles. The maximum absolute atomic E-state index is 11.6. The lowest BCUT2D eigenvalue weighted by Gasteiger charge is -2.21. The molecule has 1 aliphatic carbocycles. The van der Waals surface area contributed by atoms with E-state index in [9.17, 15) is 4.79 Å². The molecular weight excluding hydrogens is 226 g/mol. The Balaban J connectivity index is 2.00. The molecule has 0 fully saturated rings. The number of carbonyl (C=O) groups excluding carboxylic acids is 1. The third-order valence-corrected chi connectivity index (χ3v) is 4.12. The molecule has 0 aromatic carbocycles. The Labute approximate surface area is 98.7 Å². The van der Waals surface area contributed by atoms with Crippen molar-refractivity contribution in [2.75, 3.05) is 6.61 Å². The molecule has 88 valence electrons. The molecule has 5 heteroatoms. The molecule has 0 saturated carbocycles. The predicted molar refractivity (Wildman–Crippen MR) is 62.4 cm³/mol. The van der Waals surface area contributed by atoms with Crippen LogP contribution in [0.25, 0.3) is 0 Å². The highest BCUT2D eigenvalue weighted by atomic mass is 32.2. The predicted octanol–water partition coefficient (Wildman–Crippen LogP) is 2.53. The number of oxime groups is 1. The lowest BCUT2D eigenvalue weighted by atomic mass is 9.88. The van der Waals surface area contributed by atoms with Crippen molar-refractivity contribution in [2.24, 2.45) is 11.1 Å². The van der Waals surface area contributed by atoms with Crippen LogP contribution in [0, 0.1) is 5.92 Å². The Morgan fingerprint density at radius 1 is 1.69 bits per heavy atom. The SMILES string of the molecule is CCOC(=O)C1CCC2=C(C1)S/C(=N\O)C2. The second-order valence-electron chi connectivity index (χ2n) is 3.99. The van der Waals surface area contributed by atoms with Gasteiger partial charge in [-0.05, 0) is 31.1 Å². The molecular formula is C11H15NO3S. The summed E-state index contributed by atoms with van der Waals surface area (Å²) >= 11 is 1.51. The normalized spacial score (nSPS) is 27.1. The fourth-order valence-electron chi connectivity index (χ4n) is 2.14. The van der Waals surface area contributed by atoms with E-state index in [4.69, 9.17) is 9.94 Å². The largest absolute Gasteiger partial charge is 0.466 e. The van der Waals surface area contributed by atoms with E-state index in [1.807, 2.05) is 6.92 Å². The summed E-state index contributed by atoms with van der Waals surface area (Å²) < 4.78 is 5.03. The zero-order valence-corrected chi connectivity index (χ0v) is 10.0. The van der Waals surface area contributed by atoms with Crippen LogP contribution in [-0.4, -0.2) is 22.8 Å². The van der Waals surface area contributed by atoms with Crippen LogP contribution in [-0.2, 0) is 9.53 Å². The molecule has 1 atom stereocenters. The number of thioether (sulfide) groups is 1. The molecule has 1 unspecified atom stereocenters. The minimum Gasteiger partial charge on any atom is -0.466 e. The number of hydrogen-bond donors (Lipinski definition) is 1. The van der Waals surface area contributed by atoms with Gasteiger partial charge in [0, 0.05) is 6.42 Å². The summed E-state index contributed by atoms with van der Waals surface area (Å²) in [5.74, 6) is -0.103. The Hall–Kier alpha value is -0.970. The van der Waals surface area contributed by atoms with Crippen molar-refractivity contribution in [1.82, 2.24) is 0 Å². The Bertz CT molecular complexity index is 362. The summed E-state index contributed by atoms with van der Waals surface area (Å²) in [7, 11) is 0. The van der Waals surface area contributed by atoms with Gasteiger partial charge in [-0.2, -0.15) is 0 Å². The van der Waals surface area contributed by atoms with Crippen LogP contribution in [0.5, 0.6) is 0 Å². The maximum atomic E-state index is 11.6.